The molecule has 0 aliphatic rings. The van der Waals surface area contributed by atoms with E-state index in [0.29, 0.717) is 6.29 Å². The molecule has 0 amide bonds. The van der Waals surface area contributed by atoms with Crippen LogP contribution in [0.5, 0.6) is 0 Å². The molecule has 5 nitrogen and oxygen atoms in total. The van der Waals surface area contributed by atoms with Gasteiger partial charge in [-0.05, 0) is 12.1 Å². The van der Waals surface area contributed by atoms with Crippen molar-refractivity contribution in [3.8, 4) is 5.69 Å². The van der Waals surface area contributed by atoms with E-state index < -0.39 is 17.3 Å². The smallest absolute Gasteiger partial charge is 0.174 e. The van der Waals surface area contributed by atoms with Gasteiger partial charge in [0, 0.05) is 0 Å². The predicted octanol–water partition coefficient (Wildman–Crippen LogP) is 0.940. The minimum atomic E-state index is -0.839. The molecule has 0 aliphatic carbocycles. The van der Waals surface area contributed by atoms with Gasteiger partial charge in [-0.15, -0.1) is 5.10 Å². The number of nitrogens with zero attached hydrogens (tertiary/aromatic N) is 3. The maximum absolute atomic E-state index is 13.4. The molecule has 0 fully saturated rings. The number of aromatic nitrogens is 3. The molecule has 1 aromatic heterocycles. The number of benzene rings is 1. The Hall–Kier alpha value is -2.31. The van der Waals surface area contributed by atoms with Gasteiger partial charge in [0.05, 0.1) is 0 Å². The van der Waals surface area contributed by atoms with E-state index in [-0.39, 0.29) is 11.5 Å². The van der Waals surface area contributed by atoms with Gasteiger partial charge in [0.1, 0.15) is 5.69 Å². The van der Waals surface area contributed by atoms with Crippen LogP contribution in [0.4, 0.5) is 14.6 Å². The van der Waals surface area contributed by atoms with Gasteiger partial charge >= 0.3 is 0 Å². The van der Waals surface area contributed by atoms with Gasteiger partial charge in [-0.1, -0.05) is 11.3 Å². The van der Waals surface area contributed by atoms with Crippen LogP contribution >= 0.6 is 0 Å². The monoisotopic (exact) mass is 224 g/mol. The first-order valence-electron chi connectivity index (χ1n) is 4.26. The summed E-state index contributed by atoms with van der Waals surface area (Å²) in [6.45, 7) is 0. The molecule has 0 atom stereocenters. The number of hydrogen-bond donors (Lipinski definition) is 1. The van der Waals surface area contributed by atoms with Gasteiger partial charge in [-0.3, -0.25) is 4.79 Å². The van der Waals surface area contributed by atoms with Gasteiger partial charge in [0.2, 0.25) is 0 Å². The summed E-state index contributed by atoms with van der Waals surface area (Å²) >= 11 is 0. The van der Waals surface area contributed by atoms with E-state index in [1.807, 2.05) is 0 Å². The highest BCUT2D eigenvalue weighted by Crippen LogP contribution is 2.20. The Morgan fingerprint density at radius 1 is 1.31 bits per heavy atom. The molecule has 1 heterocycles. The minimum absolute atomic E-state index is 0.164. The highest BCUT2D eigenvalue weighted by atomic mass is 19.1. The summed E-state index contributed by atoms with van der Waals surface area (Å²) in [6, 6.07) is 3.32. The van der Waals surface area contributed by atoms with Gasteiger partial charge in [-0.2, -0.15) is 4.68 Å². The third-order valence-electron chi connectivity index (χ3n) is 1.99. The SMILES string of the molecule is Nc1c(C=O)nnn1-c1c(F)cccc1F. The summed E-state index contributed by atoms with van der Waals surface area (Å²) in [6.07, 6.45) is 0.359. The molecule has 0 bridgehead atoms. The zero-order valence-corrected chi connectivity index (χ0v) is 7.89. The van der Waals surface area contributed by atoms with Crippen molar-refractivity contribution in [3.63, 3.8) is 0 Å². The molecule has 0 saturated heterocycles. The largest absolute Gasteiger partial charge is 0.382 e. The van der Waals surface area contributed by atoms with E-state index in [2.05, 4.69) is 10.3 Å². The second-order valence-corrected chi connectivity index (χ2v) is 2.96. The number of carbonyl (C=O) groups excluding carboxylic acids is 1. The van der Waals surface area contributed by atoms with Crippen LogP contribution in [0.1, 0.15) is 10.5 Å². The number of aldehydes is 1. The summed E-state index contributed by atoms with van der Waals surface area (Å²) < 4.78 is 27.5. The molecule has 82 valence electrons. The first-order valence-corrected chi connectivity index (χ1v) is 4.26. The van der Waals surface area contributed by atoms with Crippen LogP contribution in [0, 0.1) is 11.6 Å². The lowest BCUT2D eigenvalue weighted by Crippen LogP contribution is -2.07. The molecular weight excluding hydrogens is 218 g/mol. The van der Waals surface area contributed by atoms with E-state index in [4.69, 9.17) is 5.73 Å². The standard InChI is InChI=1S/C9H6F2N4O/c10-5-2-1-3-6(11)8(5)15-9(12)7(4-16)13-14-15/h1-4H,12H2. The zero-order chi connectivity index (χ0) is 11.7. The second kappa shape index (κ2) is 3.69. The molecule has 2 aromatic rings. The quantitative estimate of drug-likeness (QED) is 0.770. The van der Waals surface area contributed by atoms with Crippen molar-refractivity contribution in [2.45, 2.75) is 0 Å². The van der Waals surface area contributed by atoms with Crippen molar-refractivity contribution in [1.29, 1.82) is 0 Å². The molecule has 0 spiro atoms. The lowest BCUT2D eigenvalue weighted by molar-refractivity contribution is 0.112. The van der Waals surface area contributed by atoms with Crippen molar-refractivity contribution < 1.29 is 13.6 Å². The number of carbonyl (C=O) groups is 1. The summed E-state index contributed by atoms with van der Waals surface area (Å²) in [4.78, 5) is 10.5. The average Bonchev–Trinajstić information content (AvgIpc) is 2.60. The fourth-order valence-electron chi connectivity index (χ4n) is 1.24. The summed E-state index contributed by atoms with van der Waals surface area (Å²) in [5, 5.41) is 6.79. The summed E-state index contributed by atoms with van der Waals surface area (Å²) in [5.41, 5.74) is 4.84. The lowest BCUT2D eigenvalue weighted by Gasteiger charge is -2.04. The second-order valence-electron chi connectivity index (χ2n) is 2.96. The van der Waals surface area contributed by atoms with Crippen molar-refractivity contribution in [3.05, 3.63) is 35.5 Å². The lowest BCUT2D eigenvalue weighted by atomic mass is 10.3. The fourth-order valence-corrected chi connectivity index (χ4v) is 1.24. The Morgan fingerprint density at radius 3 is 2.44 bits per heavy atom. The first kappa shape index (κ1) is 10.2. The topological polar surface area (TPSA) is 73.8 Å². The predicted molar refractivity (Wildman–Crippen MR) is 51.1 cm³/mol. The molecule has 0 aliphatic heterocycles. The highest BCUT2D eigenvalue weighted by Gasteiger charge is 2.17. The minimum Gasteiger partial charge on any atom is -0.382 e. The highest BCUT2D eigenvalue weighted by molar-refractivity contribution is 5.79. The van der Waals surface area contributed by atoms with Crippen LogP contribution in [0.2, 0.25) is 0 Å². The van der Waals surface area contributed by atoms with Crippen LogP contribution in [0.3, 0.4) is 0 Å². The van der Waals surface area contributed by atoms with Crippen LogP contribution < -0.4 is 5.73 Å². The first-order chi connectivity index (χ1) is 7.65. The Bertz CT molecular complexity index is 532. The van der Waals surface area contributed by atoms with Gasteiger partial charge in [0.25, 0.3) is 0 Å². The molecule has 7 heteroatoms. The molecule has 2 N–H and O–H groups in total. The van der Waals surface area contributed by atoms with Crippen LogP contribution in [0.25, 0.3) is 5.69 Å². The van der Waals surface area contributed by atoms with E-state index in [1.165, 1.54) is 6.07 Å². The summed E-state index contributed by atoms with van der Waals surface area (Å²) in [5.74, 6) is -1.89. The van der Waals surface area contributed by atoms with Gasteiger partial charge < -0.3 is 5.73 Å². The molecule has 1 aromatic carbocycles. The normalized spacial score (nSPS) is 10.4. The molecule has 16 heavy (non-hydrogen) atoms. The van der Waals surface area contributed by atoms with E-state index in [9.17, 15) is 13.6 Å². The third kappa shape index (κ3) is 1.42. The number of anilines is 1. The van der Waals surface area contributed by atoms with Crippen LogP contribution in [0.15, 0.2) is 18.2 Å². The van der Waals surface area contributed by atoms with E-state index in [1.54, 1.807) is 0 Å². The maximum Gasteiger partial charge on any atom is 0.174 e. The Kier molecular flexibility index (Phi) is 2.35. The van der Waals surface area contributed by atoms with E-state index in [0.717, 1.165) is 16.8 Å². The average molecular weight is 224 g/mol. The van der Waals surface area contributed by atoms with Crippen molar-refractivity contribution in [1.82, 2.24) is 15.0 Å². The van der Waals surface area contributed by atoms with Crippen LogP contribution in [-0.4, -0.2) is 21.3 Å². The molecule has 0 saturated carbocycles. The van der Waals surface area contributed by atoms with Gasteiger partial charge in [-0.25, -0.2) is 8.78 Å². The zero-order valence-electron chi connectivity index (χ0n) is 7.89. The number of nitrogen functional groups attached to an aromatic ring is 1. The third-order valence-corrected chi connectivity index (χ3v) is 1.99. The van der Waals surface area contributed by atoms with Gasteiger partial charge in [0.15, 0.2) is 29.4 Å². The number of nitrogens with two attached hydrogens (primary N) is 1. The van der Waals surface area contributed by atoms with Crippen molar-refractivity contribution in [2.75, 3.05) is 5.73 Å². The fraction of sp³-hybridized carbons (Fsp3) is 0. The Labute approximate surface area is 88.5 Å². The Morgan fingerprint density at radius 2 is 1.94 bits per heavy atom. The van der Waals surface area contributed by atoms with E-state index >= 15 is 0 Å². The Balaban J connectivity index is 2.67. The number of halogens is 2. The number of hydrogen-bond acceptors (Lipinski definition) is 4. The molecule has 0 unspecified atom stereocenters. The maximum atomic E-state index is 13.4. The number of rotatable bonds is 2. The molecular formula is C9H6F2N4O. The van der Waals surface area contributed by atoms with Crippen LogP contribution in [-0.2, 0) is 0 Å². The van der Waals surface area contributed by atoms with Crippen molar-refractivity contribution in [2.24, 2.45) is 0 Å². The molecule has 0 radical (unpaired) electrons. The summed E-state index contributed by atoms with van der Waals surface area (Å²) in [7, 11) is 0. The molecule has 2 rings (SSSR count). The number of para-hydroxylation sites is 1. The van der Waals surface area contributed by atoms with Crippen molar-refractivity contribution >= 4 is 12.1 Å².